The number of carbonyl (C=O) groups is 1. The monoisotopic (exact) mass is 407 g/mol. The molecule has 0 bridgehead atoms. The number of carbonyl (C=O) groups excluding carboxylic acids is 1. The summed E-state index contributed by atoms with van der Waals surface area (Å²) in [6, 6.07) is 14.1. The lowest BCUT2D eigenvalue weighted by atomic mass is 10.2. The minimum Gasteiger partial charge on any atom is -0.467 e. The molecular weight excluding hydrogens is 389 g/mol. The summed E-state index contributed by atoms with van der Waals surface area (Å²) >= 11 is 0. The Morgan fingerprint density at radius 3 is 2.50 bits per heavy atom. The fraction of sp³-hybridized carbons (Fsp3) is 0.136. The van der Waals surface area contributed by atoms with Crippen LogP contribution >= 0.6 is 0 Å². The molecule has 152 valence electrons. The second-order valence-corrected chi connectivity index (χ2v) is 6.76. The third kappa shape index (κ3) is 3.43. The standard InChI is InChI=1S/C22H18FN3O4/c1-14(20(27)24-13-17-5-4-12-30-17)25-19-7-3-2-6-18(19)21(28)26(22(25)29)16-10-8-15(23)9-11-16/h2-12,14H,13H2,1H3,(H,24,27). The molecule has 7 nitrogen and oxygen atoms in total. The van der Waals surface area contributed by atoms with Crippen LogP contribution in [-0.4, -0.2) is 15.0 Å². The Kier molecular flexibility index (Phi) is 5.05. The van der Waals surface area contributed by atoms with Crippen molar-refractivity contribution >= 4 is 16.8 Å². The first-order valence-electron chi connectivity index (χ1n) is 9.29. The van der Waals surface area contributed by atoms with Crippen molar-refractivity contribution in [3.63, 3.8) is 0 Å². The van der Waals surface area contributed by atoms with Gasteiger partial charge in [0, 0.05) is 0 Å². The van der Waals surface area contributed by atoms with Gasteiger partial charge in [-0.25, -0.2) is 13.8 Å². The van der Waals surface area contributed by atoms with Crippen molar-refractivity contribution in [2.75, 3.05) is 0 Å². The summed E-state index contributed by atoms with van der Waals surface area (Å²) in [5.41, 5.74) is -0.673. The van der Waals surface area contributed by atoms with Crippen molar-refractivity contribution in [1.82, 2.24) is 14.5 Å². The number of nitrogens with one attached hydrogen (secondary N) is 1. The largest absolute Gasteiger partial charge is 0.467 e. The van der Waals surface area contributed by atoms with Crippen molar-refractivity contribution in [2.24, 2.45) is 0 Å². The Balaban J connectivity index is 1.84. The molecule has 0 spiro atoms. The van der Waals surface area contributed by atoms with Gasteiger partial charge < -0.3 is 9.73 Å². The fourth-order valence-electron chi connectivity index (χ4n) is 3.33. The van der Waals surface area contributed by atoms with Gasteiger partial charge in [-0.15, -0.1) is 0 Å². The molecule has 0 fully saturated rings. The molecule has 1 N–H and O–H groups in total. The molecule has 0 radical (unpaired) electrons. The average Bonchev–Trinajstić information content (AvgIpc) is 3.27. The highest BCUT2D eigenvalue weighted by atomic mass is 19.1. The molecule has 30 heavy (non-hydrogen) atoms. The van der Waals surface area contributed by atoms with E-state index in [0.717, 1.165) is 4.57 Å². The van der Waals surface area contributed by atoms with Crippen LogP contribution in [0.5, 0.6) is 0 Å². The zero-order chi connectivity index (χ0) is 21.3. The van der Waals surface area contributed by atoms with Gasteiger partial charge in [0.05, 0.1) is 29.4 Å². The van der Waals surface area contributed by atoms with E-state index in [1.54, 1.807) is 43.3 Å². The summed E-state index contributed by atoms with van der Waals surface area (Å²) < 4.78 is 20.8. The van der Waals surface area contributed by atoms with Gasteiger partial charge in [-0.3, -0.25) is 14.2 Å². The second kappa shape index (κ2) is 7.82. The van der Waals surface area contributed by atoms with Gasteiger partial charge in [-0.05, 0) is 55.5 Å². The maximum Gasteiger partial charge on any atom is 0.336 e. The lowest BCUT2D eigenvalue weighted by molar-refractivity contribution is -0.124. The van der Waals surface area contributed by atoms with Gasteiger partial charge in [0.25, 0.3) is 5.56 Å². The molecule has 0 aliphatic carbocycles. The normalized spacial score (nSPS) is 12.1. The Hall–Kier alpha value is -3.94. The number of fused-ring (bicyclic) bond motifs is 1. The number of halogens is 1. The second-order valence-electron chi connectivity index (χ2n) is 6.76. The fourth-order valence-corrected chi connectivity index (χ4v) is 3.33. The lowest BCUT2D eigenvalue weighted by Gasteiger charge is -2.19. The van der Waals surface area contributed by atoms with E-state index >= 15 is 0 Å². The number of aromatic nitrogens is 2. The van der Waals surface area contributed by atoms with E-state index in [-0.39, 0.29) is 17.6 Å². The van der Waals surface area contributed by atoms with Gasteiger partial charge in [0.15, 0.2) is 0 Å². The van der Waals surface area contributed by atoms with Gasteiger partial charge in [0.1, 0.15) is 17.6 Å². The number of furan rings is 1. The van der Waals surface area contributed by atoms with Crippen molar-refractivity contribution in [3.8, 4) is 5.69 Å². The third-order valence-corrected chi connectivity index (χ3v) is 4.86. The summed E-state index contributed by atoms with van der Waals surface area (Å²) in [5, 5.41) is 3.00. The molecule has 0 saturated heterocycles. The van der Waals surface area contributed by atoms with Crippen LogP contribution < -0.4 is 16.6 Å². The van der Waals surface area contributed by atoms with E-state index in [2.05, 4.69) is 5.32 Å². The molecule has 2 aromatic heterocycles. The first-order chi connectivity index (χ1) is 14.5. The van der Waals surface area contributed by atoms with Crippen molar-refractivity contribution in [3.05, 3.63) is 99.3 Å². The number of nitrogens with zero attached hydrogens (tertiary/aromatic N) is 2. The van der Waals surface area contributed by atoms with E-state index in [1.165, 1.54) is 35.1 Å². The molecule has 0 saturated carbocycles. The molecule has 1 atom stereocenters. The van der Waals surface area contributed by atoms with Crippen molar-refractivity contribution in [2.45, 2.75) is 19.5 Å². The third-order valence-electron chi connectivity index (χ3n) is 4.86. The number of hydrogen-bond donors (Lipinski definition) is 1. The molecule has 2 heterocycles. The first kappa shape index (κ1) is 19.4. The highest BCUT2D eigenvalue weighted by molar-refractivity contribution is 5.84. The van der Waals surface area contributed by atoms with Crippen LogP contribution in [0.25, 0.3) is 16.6 Å². The van der Waals surface area contributed by atoms with Gasteiger partial charge in [-0.1, -0.05) is 12.1 Å². The van der Waals surface area contributed by atoms with E-state index in [9.17, 15) is 18.8 Å². The van der Waals surface area contributed by atoms with Crippen molar-refractivity contribution < 1.29 is 13.6 Å². The number of para-hydroxylation sites is 1. The summed E-state index contributed by atoms with van der Waals surface area (Å²) in [6.07, 6.45) is 1.50. The van der Waals surface area contributed by atoms with Gasteiger partial charge in [0.2, 0.25) is 5.91 Å². The summed E-state index contributed by atoms with van der Waals surface area (Å²) in [4.78, 5) is 39.1. The van der Waals surface area contributed by atoms with Crippen molar-refractivity contribution in [1.29, 1.82) is 0 Å². The first-order valence-corrected chi connectivity index (χ1v) is 9.29. The van der Waals surface area contributed by atoms with Gasteiger partial charge in [-0.2, -0.15) is 0 Å². The smallest absolute Gasteiger partial charge is 0.336 e. The van der Waals surface area contributed by atoms with Crippen LogP contribution in [0.2, 0.25) is 0 Å². The van der Waals surface area contributed by atoms with Crippen LogP contribution in [0, 0.1) is 5.82 Å². The Morgan fingerprint density at radius 1 is 1.07 bits per heavy atom. The number of hydrogen-bond acceptors (Lipinski definition) is 4. The molecule has 4 aromatic rings. The summed E-state index contributed by atoms with van der Waals surface area (Å²) in [5.74, 6) is -0.328. The summed E-state index contributed by atoms with van der Waals surface area (Å²) in [6.45, 7) is 1.74. The van der Waals surface area contributed by atoms with Crippen LogP contribution in [0.3, 0.4) is 0 Å². The SMILES string of the molecule is CC(C(=O)NCc1ccco1)n1c(=O)n(-c2ccc(F)cc2)c(=O)c2ccccc21. The number of benzene rings is 2. The molecule has 4 rings (SSSR count). The Morgan fingerprint density at radius 2 is 1.80 bits per heavy atom. The minimum absolute atomic E-state index is 0.167. The topological polar surface area (TPSA) is 86.2 Å². The zero-order valence-electron chi connectivity index (χ0n) is 16.0. The Labute approximate surface area is 170 Å². The molecule has 1 unspecified atom stereocenters. The molecule has 0 aliphatic heterocycles. The van der Waals surface area contributed by atoms with Crippen LogP contribution in [0.1, 0.15) is 18.7 Å². The average molecular weight is 407 g/mol. The number of amides is 1. The van der Waals surface area contributed by atoms with Gasteiger partial charge >= 0.3 is 5.69 Å². The molecule has 1 amide bonds. The quantitative estimate of drug-likeness (QED) is 0.551. The van der Waals surface area contributed by atoms with Crippen LogP contribution in [-0.2, 0) is 11.3 Å². The predicted molar refractivity (Wildman–Crippen MR) is 109 cm³/mol. The number of rotatable bonds is 5. The van der Waals surface area contributed by atoms with E-state index in [0.29, 0.717) is 11.3 Å². The van der Waals surface area contributed by atoms with Crippen LogP contribution in [0.15, 0.2) is 80.9 Å². The molecule has 0 aliphatic rings. The van der Waals surface area contributed by atoms with E-state index < -0.39 is 29.0 Å². The summed E-state index contributed by atoms with van der Waals surface area (Å²) in [7, 11) is 0. The van der Waals surface area contributed by atoms with Crippen LogP contribution in [0.4, 0.5) is 4.39 Å². The molecular formula is C22H18FN3O4. The molecule has 8 heteroatoms. The highest BCUT2D eigenvalue weighted by Gasteiger charge is 2.22. The molecule has 2 aromatic carbocycles. The highest BCUT2D eigenvalue weighted by Crippen LogP contribution is 2.15. The Bertz CT molecular complexity index is 1320. The lowest BCUT2D eigenvalue weighted by Crippen LogP contribution is -2.43. The van der Waals surface area contributed by atoms with E-state index in [1.807, 2.05) is 0 Å². The van der Waals surface area contributed by atoms with E-state index in [4.69, 9.17) is 4.42 Å². The minimum atomic E-state index is -0.912. The maximum absolute atomic E-state index is 13.3. The maximum atomic E-state index is 13.3. The zero-order valence-corrected chi connectivity index (χ0v) is 16.0. The predicted octanol–water partition coefficient (Wildman–Crippen LogP) is 2.76.